The van der Waals surface area contributed by atoms with Crippen molar-refractivity contribution >= 4 is 23.1 Å². The van der Waals surface area contributed by atoms with Gasteiger partial charge in [-0.05, 0) is 42.0 Å². The third kappa shape index (κ3) is 3.50. The lowest BCUT2D eigenvalue weighted by atomic mass is 9.94. The van der Waals surface area contributed by atoms with Gasteiger partial charge in [-0.15, -0.1) is 0 Å². The number of carbonyl (C=O) groups excluding carboxylic acids is 2. The van der Waals surface area contributed by atoms with Crippen LogP contribution in [0.2, 0.25) is 0 Å². The first-order valence-electron chi connectivity index (χ1n) is 10.3. The summed E-state index contributed by atoms with van der Waals surface area (Å²) in [5.74, 6) is -0.408. The summed E-state index contributed by atoms with van der Waals surface area (Å²) in [7, 11) is 0. The Kier molecular flexibility index (Phi) is 5.14. The van der Waals surface area contributed by atoms with Crippen molar-refractivity contribution in [1.82, 2.24) is 0 Å². The fourth-order valence-electron chi connectivity index (χ4n) is 3.99. The summed E-state index contributed by atoms with van der Waals surface area (Å²) in [6.45, 7) is 0. The van der Waals surface area contributed by atoms with Gasteiger partial charge in [0.2, 0.25) is 5.78 Å². The quantitative estimate of drug-likeness (QED) is 0.412. The number of anilines is 2. The number of nitrogens with one attached hydrogen (secondary N) is 1. The van der Waals surface area contributed by atoms with Crippen LogP contribution in [0.4, 0.5) is 11.4 Å². The van der Waals surface area contributed by atoms with Crippen molar-refractivity contribution in [3.63, 3.8) is 0 Å². The molecule has 2 heterocycles. The zero-order valence-corrected chi connectivity index (χ0v) is 17.1. The monoisotopic (exact) mass is 420 g/mol. The summed E-state index contributed by atoms with van der Waals surface area (Å²) < 4.78 is 5.43. The van der Waals surface area contributed by atoms with Crippen molar-refractivity contribution in [2.45, 2.75) is 6.04 Å². The second kappa shape index (κ2) is 8.40. The zero-order chi connectivity index (χ0) is 21.9. The minimum absolute atomic E-state index is 0.191. The molecule has 1 aliphatic rings. The number of para-hydroxylation sites is 2. The van der Waals surface area contributed by atoms with Gasteiger partial charge in [-0.3, -0.25) is 14.5 Å². The van der Waals surface area contributed by atoms with Gasteiger partial charge in [0.25, 0.3) is 5.91 Å². The molecule has 1 N–H and O–H groups in total. The van der Waals surface area contributed by atoms with Crippen LogP contribution in [-0.2, 0) is 4.79 Å². The van der Waals surface area contributed by atoms with Crippen molar-refractivity contribution in [3.05, 3.63) is 132 Å². The predicted molar refractivity (Wildman–Crippen MR) is 123 cm³/mol. The molecule has 0 saturated carbocycles. The molecule has 1 aliphatic heterocycles. The number of rotatable bonds is 6. The van der Waals surface area contributed by atoms with E-state index in [0.29, 0.717) is 11.3 Å². The minimum atomic E-state index is -0.602. The topological polar surface area (TPSA) is 62.6 Å². The lowest BCUT2D eigenvalue weighted by Crippen LogP contribution is -2.31. The van der Waals surface area contributed by atoms with Gasteiger partial charge in [0.1, 0.15) is 5.70 Å². The van der Waals surface area contributed by atoms with Crippen LogP contribution in [0.3, 0.4) is 0 Å². The molecule has 32 heavy (non-hydrogen) atoms. The third-order valence-electron chi connectivity index (χ3n) is 5.42. The van der Waals surface area contributed by atoms with Gasteiger partial charge in [0.05, 0.1) is 17.9 Å². The molecule has 1 amide bonds. The van der Waals surface area contributed by atoms with Gasteiger partial charge in [-0.2, -0.15) is 0 Å². The molecular weight excluding hydrogens is 400 g/mol. The molecule has 0 fully saturated rings. The molecule has 5 nitrogen and oxygen atoms in total. The van der Waals surface area contributed by atoms with E-state index in [1.54, 1.807) is 17.0 Å². The highest BCUT2D eigenvalue weighted by atomic mass is 16.3. The largest absolute Gasteiger partial charge is 0.461 e. The maximum absolute atomic E-state index is 13.8. The second-order valence-electron chi connectivity index (χ2n) is 7.41. The van der Waals surface area contributed by atoms with Crippen LogP contribution in [0, 0.1) is 0 Å². The molecule has 0 saturated heterocycles. The number of nitrogens with zero attached hydrogens (tertiary/aromatic N) is 1. The van der Waals surface area contributed by atoms with Crippen LogP contribution < -0.4 is 10.2 Å². The first-order valence-corrected chi connectivity index (χ1v) is 10.3. The number of ketones is 1. The Bertz CT molecular complexity index is 1260. The van der Waals surface area contributed by atoms with Crippen molar-refractivity contribution in [2.75, 3.05) is 10.2 Å². The Labute approximate surface area is 185 Å². The molecular formula is C27H20N2O3. The number of carbonyl (C=O) groups is 2. The second-order valence-corrected chi connectivity index (χ2v) is 7.41. The highest BCUT2D eigenvalue weighted by molar-refractivity contribution is 6.22. The van der Waals surface area contributed by atoms with E-state index in [1.807, 2.05) is 91.0 Å². The molecule has 1 atom stereocenters. The Morgan fingerprint density at radius 3 is 2.03 bits per heavy atom. The number of amides is 1. The lowest BCUT2D eigenvalue weighted by molar-refractivity contribution is -0.114. The van der Waals surface area contributed by atoms with Crippen molar-refractivity contribution in [2.24, 2.45) is 0 Å². The zero-order valence-electron chi connectivity index (χ0n) is 17.1. The Morgan fingerprint density at radius 2 is 1.41 bits per heavy atom. The van der Waals surface area contributed by atoms with E-state index in [-0.39, 0.29) is 23.1 Å². The number of Topliss-reactive ketones (excluding diaryl/α,β-unsaturated/α-hetero) is 1. The van der Waals surface area contributed by atoms with E-state index < -0.39 is 6.04 Å². The van der Waals surface area contributed by atoms with Crippen LogP contribution in [-0.4, -0.2) is 11.7 Å². The number of furan rings is 1. The van der Waals surface area contributed by atoms with Gasteiger partial charge in [-0.1, -0.05) is 66.7 Å². The van der Waals surface area contributed by atoms with Gasteiger partial charge in [0.15, 0.2) is 5.76 Å². The maximum atomic E-state index is 13.8. The number of benzene rings is 3. The van der Waals surface area contributed by atoms with Gasteiger partial charge in [0, 0.05) is 11.4 Å². The molecule has 5 heteroatoms. The number of hydrogen-bond donors (Lipinski definition) is 1. The average molecular weight is 420 g/mol. The van der Waals surface area contributed by atoms with Crippen LogP contribution >= 0.6 is 0 Å². The Hall–Kier alpha value is -4.38. The molecule has 1 aromatic heterocycles. The van der Waals surface area contributed by atoms with E-state index in [9.17, 15) is 9.59 Å². The summed E-state index contributed by atoms with van der Waals surface area (Å²) in [6, 6.07) is 31.0. The van der Waals surface area contributed by atoms with Gasteiger partial charge < -0.3 is 9.73 Å². The molecule has 0 bridgehead atoms. The molecule has 156 valence electrons. The van der Waals surface area contributed by atoms with Crippen LogP contribution in [0.5, 0.6) is 0 Å². The van der Waals surface area contributed by atoms with E-state index in [1.165, 1.54) is 6.26 Å². The minimum Gasteiger partial charge on any atom is -0.461 e. The fraction of sp³-hybridized carbons (Fsp3) is 0.0370. The van der Waals surface area contributed by atoms with Crippen LogP contribution in [0.1, 0.15) is 22.2 Å². The van der Waals surface area contributed by atoms with Gasteiger partial charge in [-0.25, -0.2) is 0 Å². The molecule has 4 aromatic rings. The highest BCUT2D eigenvalue weighted by Gasteiger charge is 2.45. The smallest absolute Gasteiger partial charge is 0.276 e. The van der Waals surface area contributed by atoms with Crippen LogP contribution in [0.15, 0.2) is 125 Å². The summed E-state index contributed by atoms with van der Waals surface area (Å²) >= 11 is 0. The standard InChI is InChI=1S/C27H20N2O3/c30-26(22-17-10-18-32-22)23-24(28-20-13-6-2-7-14-20)27(31)29(21-15-8-3-9-16-21)25(23)19-11-4-1-5-12-19/h1-18,25,28H. The molecule has 0 spiro atoms. The summed E-state index contributed by atoms with van der Waals surface area (Å²) in [6.07, 6.45) is 1.46. The van der Waals surface area contributed by atoms with Gasteiger partial charge >= 0.3 is 0 Å². The fourth-order valence-corrected chi connectivity index (χ4v) is 3.99. The lowest BCUT2D eigenvalue weighted by Gasteiger charge is -2.27. The Morgan fingerprint density at radius 1 is 0.781 bits per heavy atom. The number of hydrogen-bond acceptors (Lipinski definition) is 4. The van der Waals surface area contributed by atoms with E-state index in [0.717, 1.165) is 11.3 Å². The normalized spacial score (nSPS) is 15.8. The summed E-state index contributed by atoms with van der Waals surface area (Å²) in [5, 5.41) is 3.21. The first-order chi connectivity index (χ1) is 15.7. The molecule has 0 aliphatic carbocycles. The van der Waals surface area contributed by atoms with Crippen LogP contribution in [0.25, 0.3) is 0 Å². The molecule has 3 aromatic carbocycles. The molecule has 5 rings (SSSR count). The predicted octanol–water partition coefficient (Wildman–Crippen LogP) is 5.62. The van der Waals surface area contributed by atoms with Crippen molar-refractivity contribution in [3.8, 4) is 0 Å². The summed E-state index contributed by atoms with van der Waals surface area (Å²) in [4.78, 5) is 29.1. The van der Waals surface area contributed by atoms with Crippen molar-refractivity contribution < 1.29 is 14.0 Å². The third-order valence-corrected chi connectivity index (χ3v) is 5.42. The molecule has 0 radical (unpaired) electrons. The Balaban J connectivity index is 1.72. The SMILES string of the molecule is O=C(C1=C(Nc2ccccc2)C(=O)N(c2ccccc2)C1c1ccccc1)c1ccco1. The first kappa shape index (κ1) is 19.6. The van der Waals surface area contributed by atoms with E-state index >= 15 is 0 Å². The maximum Gasteiger partial charge on any atom is 0.276 e. The highest BCUT2D eigenvalue weighted by Crippen LogP contribution is 2.42. The molecule has 1 unspecified atom stereocenters. The summed E-state index contributed by atoms with van der Waals surface area (Å²) in [5.41, 5.74) is 2.87. The van der Waals surface area contributed by atoms with E-state index in [4.69, 9.17) is 4.42 Å². The van der Waals surface area contributed by atoms with Crippen molar-refractivity contribution in [1.29, 1.82) is 0 Å². The average Bonchev–Trinajstić information content (AvgIpc) is 3.48. The van der Waals surface area contributed by atoms with E-state index in [2.05, 4.69) is 5.32 Å².